The summed E-state index contributed by atoms with van der Waals surface area (Å²) < 4.78 is 0.867. The molecule has 3 aromatic carbocycles. The number of carbonyl (C=O) groups excluding carboxylic acids is 2. The standard InChI is InChI=1S/C23H16BrClN2O3/c24-14-10-12-15(13-11-14)26-22(28)19-20(17-8-4-5-9-18(17)25)27(30-21(19)23(26)29)16-6-2-1-3-7-16/h1-13,19-21H/t19-,20+,21+/m1/s1. The predicted molar refractivity (Wildman–Crippen MR) is 118 cm³/mol. The monoisotopic (exact) mass is 482 g/mol. The van der Waals surface area contributed by atoms with Crippen molar-refractivity contribution in [3.63, 3.8) is 0 Å². The van der Waals surface area contributed by atoms with Crippen molar-refractivity contribution in [3.8, 4) is 0 Å². The lowest BCUT2D eigenvalue weighted by atomic mass is 9.90. The van der Waals surface area contributed by atoms with Crippen LogP contribution in [0.2, 0.25) is 5.02 Å². The van der Waals surface area contributed by atoms with Crippen LogP contribution in [0.3, 0.4) is 0 Å². The summed E-state index contributed by atoms with van der Waals surface area (Å²) in [6, 6.07) is 23.3. The average molecular weight is 484 g/mol. The third-order valence-corrected chi connectivity index (χ3v) is 6.31. The number of benzene rings is 3. The van der Waals surface area contributed by atoms with E-state index in [9.17, 15) is 9.59 Å². The lowest BCUT2D eigenvalue weighted by Crippen LogP contribution is -2.37. The smallest absolute Gasteiger partial charge is 0.266 e. The molecule has 5 nitrogen and oxygen atoms in total. The Morgan fingerprint density at radius 3 is 2.17 bits per heavy atom. The molecule has 2 amide bonds. The van der Waals surface area contributed by atoms with Crippen LogP contribution >= 0.6 is 27.5 Å². The Kier molecular flexibility index (Phi) is 4.85. The third-order valence-electron chi connectivity index (χ3n) is 5.43. The summed E-state index contributed by atoms with van der Waals surface area (Å²) in [5.74, 6) is -1.38. The van der Waals surface area contributed by atoms with Crippen LogP contribution in [0.1, 0.15) is 11.6 Å². The normalized spacial score (nSPS) is 23.2. The molecule has 0 aliphatic carbocycles. The van der Waals surface area contributed by atoms with Crippen molar-refractivity contribution < 1.29 is 14.4 Å². The second kappa shape index (κ2) is 7.54. The van der Waals surface area contributed by atoms with Crippen molar-refractivity contribution in [2.75, 3.05) is 9.96 Å². The van der Waals surface area contributed by atoms with Gasteiger partial charge in [0.1, 0.15) is 5.92 Å². The number of hydrogen-bond donors (Lipinski definition) is 0. The fourth-order valence-corrected chi connectivity index (χ4v) is 4.60. The van der Waals surface area contributed by atoms with Gasteiger partial charge in [-0.2, -0.15) is 0 Å². The lowest BCUT2D eigenvalue weighted by molar-refractivity contribution is -0.126. The molecule has 7 heteroatoms. The number of hydrogen-bond acceptors (Lipinski definition) is 4. The number of nitrogens with zero attached hydrogens (tertiary/aromatic N) is 2. The van der Waals surface area contributed by atoms with E-state index in [1.54, 1.807) is 35.4 Å². The topological polar surface area (TPSA) is 49.9 Å². The molecule has 2 aliphatic rings. The number of anilines is 2. The van der Waals surface area contributed by atoms with Crippen molar-refractivity contribution in [3.05, 3.63) is 93.9 Å². The van der Waals surface area contributed by atoms with Gasteiger partial charge in [0.2, 0.25) is 5.91 Å². The first-order valence-corrected chi connectivity index (χ1v) is 10.6. The Balaban J connectivity index is 1.60. The van der Waals surface area contributed by atoms with Crippen LogP contribution in [0, 0.1) is 5.92 Å². The zero-order valence-electron chi connectivity index (χ0n) is 15.6. The quantitative estimate of drug-likeness (QED) is 0.483. The first kappa shape index (κ1) is 19.3. The van der Waals surface area contributed by atoms with Gasteiger partial charge in [0.15, 0.2) is 6.10 Å². The Hall–Kier alpha value is -2.67. The highest BCUT2D eigenvalue weighted by atomic mass is 79.9. The van der Waals surface area contributed by atoms with Gasteiger partial charge in [-0.15, -0.1) is 0 Å². The molecule has 2 heterocycles. The number of imide groups is 1. The minimum Gasteiger partial charge on any atom is -0.273 e. The predicted octanol–water partition coefficient (Wildman–Crippen LogP) is 5.15. The van der Waals surface area contributed by atoms with E-state index in [2.05, 4.69) is 15.9 Å². The first-order chi connectivity index (χ1) is 14.6. The third kappa shape index (κ3) is 3.03. The number of hydroxylamine groups is 1. The summed E-state index contributed by atoms with van der Waals surface area (Å²) in [6.07, 6.45) is -0.914. The second-order valence-corrected chi connectivity index (χ2v) is 8.49. The summed E-state index contributed by atoms with van der Waals surface area (Å²) in [4.78, 5) is 34.0. The number of fused-ring (bicyclic) bond motifs is 1. The Labute approximate surface area is 186 Å². The van der Waals surface area contributed by atoms with Crippen LogP contribution in [-0.2, 0) is 14.4 Å². The van der Waals surface area contributed by atoms with Gasteiger partial charge in [0.05, 0.1) is 17.4 Å². The molecule has 2 aliphatic heterocycles. The summed E-state index contributed by atoms with van der Waals surface area (Å²) in [6.45, 7) is 0. The van der Waals surface area contributed by atoms with Crippen molar-refractivity contribution in [2.24, 2.45) is 5.92 Å². The zero-order valence-corrected chi connectivity index (χ0v) is 18.0. The molecule has 0 aromatic heterocycles. The maximum absolute atomic E-state index is 13.5. The van der Waals surface area contributed by atoms with Crippen LogP contribution in [-0.4, -0.2) is 17.9 Å². The van der Waals surface area contributed by atoms with E-state index in [4.69, 9.17) is 16.4 Å². The van der Waals surface area contributed by atoms with Gasteiger partial charge in [-0.25, -0.2) is 9.96 Å². The van der Waals surface area contributed by atoms with Gasteiger partial charge in [-0.3, -0.25) is 14.4 Å². The van der Waals surface area contributed by atoms with Gasteiger partial charge in [0.25, 0.3) is 5.91 Å². The molecule has 0 unspecified atom stereocenters. The maximum atomic E-state index is 13.5. The van der Waals surface area contributed by atoms with E-state index in [-0.39, 0.29) is 11.8 Å². The summed E-state index contributed by atoms with van der Waals surface area (Å²) in [7, 11) is 0. The van der Waals surface area contributed by atoms with Gasteiger partial charge in [-0.05, 0) is 48.0 Å². The first-order valence-electron chi connectivity index (χ1n) is 9.45. The van der Waals surface area contributed by atoms with Gasteiger partial charge < -0.3 is 0 Å². The molecule has 5 rings (SSSR count). The Morgan fingerprint density at radius 2 is 1.47 bits per heavy atom. The fraction of sp³-hybridized carbons (Fsp3) is 0.130. The van der Waals surface area contributed by atoms with Crippen molar-refractivity contribution >= 4 is 50.7 Å². The molecule has 0 radical (unpaired) electrons. The van der Waals surface area contributed by atoms with Crippen LogP contribution in [0.4, 0.5) is 11.4 Å². The van der Waals surface area contributed by atoms with Crippen LogP contribution in [0.25, 0.3) is 0 Å². The Morgan fingerprint density at radius 1 is 0.800 bits per heavy atom. The molecular weight excluding hydrogens is 468 g/mol. The highest BCUT2D eigenvalue weighted by Crippen LogP contribution is 2.48. The number of halogens is 2. The number of para-hydroxylation sites is 1. The van der Waals surface area contributed by atoms with Gasteiger partial charge in [-0.1, -0.05) is 63.9 Å². The molecule has 0 spiro atoms. The van der Waals surface area contributed by atoms with E-state index >= 15 is 0 Å². The fourth-order valence-electron chi connectivity index (χ4n) is 4.09. The number of carbonyl (C=O) groups is 2. The van der Waals surface area contributed by atoms with E-state index in [0.717, 1.165) is 15.7 Å². The molecule has 2 saturated heterocycles. The highest BCUT2D eigenvalue weighted by molar-refractivity contribution is 9.10. The van der Waals surface area contributed by atoms with E-state index in [1.165, 1.54) is 4.90 Å². The maximum Gasteiger partial charge on any atom is 0.266 e. The van der Waals surface area contributed by atoms with Crippen molar-refractivity contribution in [1.29, 1.82) is 0 Å². The minimum absolute atomic E-state index is 0.296. The molecule has 0 bridgehead atoms. The second-order valence-electron chi connectivity index (χ2n) is 7.17. The molecule has 30 heavy (non-hydrogen) atoms. The molecular formula is C23H16BrClN2O3. The number of rotatable bonds is 3. The molecule has 3 aromatic rings. The summed E-state index contributed by atoms with van der Waals surface area (Å²) >= 11 is 9.89. The lowest BCUT2D eigenvalue weighted by Gasteiger charge is -2.29. The molecule has 0 N–H and O–H groups in total. The van der Waals surface area contributed by atoms with Crippen molar-refractivity contribution in [2.45, 2.75) is 12.1 Å². The summed E-state index contributed by atoms with van der Waals surface area (Å²) in [5.41, 5.74) is 2.03. The summed E-state index contributed by atoms with van der Waals surface area (Å²) in [5, 5.41) is 2.17. The molecule has 150 valence electrons. The van der Waals surface area contributed by atoms with Crippen LogP contribution in [0.5, 0.6) is 0 Å². The minimum atomic E-state index is -0.914. The molecule has 2 fully saturated rings. The van der Waals surface area contributed by atoms with Gasteiger partial charge >= 0.3 is 0 Å². The van der Waals surface area contributed by atoms with E-state index in [1.807, 2.05) is 48.5 Å². The molecule has 0 saturated carbocycles. The Bertz CT molecular complexity index is 1120. The van der Waals surface area contributed by atoms with Crippen LogP contribution < -0.4 is 9.96 Å². The molecule has 3 atom stereocenters. The van der Waals surface area contributed by atoms with Gasteiger partial charge in [0, 0.05) is 9.50 Å². The highest BCUT2D eigenvalue weighted by Gasteiger charge is 2.60. The average Bonchev–Trinajstić information content (AvgIpc) is 3.26. The van der Waals surface area contributed by atoms with E-state index in [0.29, 0.717) is 10.7 Å². The van der Waals surface area contributed by atoms with Crippen molar-refractivity contribution in [1.82, 2.24) is 0 Å². The number of amides is 2. The van der Waals surface area contributed by atoms with Crippen LogP contribution in [0.15, 0.2) is 83.3 Å². The van der Waals surface area contributed by atoms with E-state index < -0.39 is 18.1 Å². The SMILES string of the molecule is O=C1[C@H]2[C@H](ON(c3ccccc3)[C@H]2c2ccccc2Cl)C(=O)N1c1ccc(Br)cc1. The largest absolute Gasteiger partial charge is 0.273 e. The zero-order chi connectivity index (χ0) is 20.8.